The van der Waals surface area contributed by atoms with Crippen molar-refractivity contribution in [1.29, 1.82) is 0 Å². The van der Waals surface area contributed by atoms with Crippen LogP contribution in [0.4, 0.5) is 0 Å². The van der Waals surface area contributed by atoms with Crippen molar-refractivity contribution in [2.75, 3.05) is 33.7 Å². The smallest absolute Gasteiger partial charge is 0.184 e. The highest BCUT2D eigenvalue weighted by Gasteiger charge is 2.27. The van der Waals surface area contributed by atoms with Gasteiger partial charge in [0.1, 0.15) is 6.04 Å². The first-order chi connectivity index (χ1) is 12.0. The lowest BCUT2D eigenvalue weighted by Crippen LogP contribution is -2.41. The van der Waals surface area contributed by atoms with Gasteiger partial charge in [0.15, 0.2) is 5.78 Å². The fraction of sp³-hybridized carbons (Fsp3) is 0.364. The van der Waals surface area contributed by atoms with Gasteiger partial charge in [0.2, 0.25) is 0 Å². The molecular weight excluding hydrogens is 308 g/mol. The summed E-state index contributed by atoms with van der Waals surface area (Å²) in [5.41, 5.74) is 4.68. The van der Waals surface area contributed by atoms with E-state index in [0.717, 1.165) is 35.0 Å². The lowest BCUT2D eigenvalue weighted by atomic mass is 9.94. The summed E-state index contributed by atoms with van der Waals surface area (Å²) in [5.74, 6) is 0.0917. The van der Waals surface area contributed by atoms with Gasteiger partial charge in [0.05, 0.1) is 0 Å². The Morgan fingerprint density at radius 1 is 1.08 bits per heavy atom. The van der Waals surface area contributed by atoms with Crippen molar-refractivity contribution in [3.05, 3.63) is 65.9 Å². The van der Waals surface area contributed by atoms with Crippen LogP contribution in [0.5, 0.6) is 0 Å². The van der Waals surface area contributed by atoms with Crippen LogP contribution in [0.25, 0.3) is 10.8 Å². The summed E-state index contributed by atoms with van der Waals surface area (Å²) in [7, 11) is 3.87. The average Bonchev–Trinajstić information content (AvgIpc) is 2.63. The maximum Gasteiger partial charge on any atom is 0.184 e. The molecule has 2 rings (SSSR count). The maximum absolute atomic E-state index is 13.2. The van der Waals surface area contributed by atoms with E-state index in [2.05, 4.69) is 37.1 Å². The zero-order chi connectivity index (χ0) is 18.4. The molecule has 0 fully saturated rings. The normalized spacial score (nSPS) is 12.4. The lowest BCUT2D eigenvalue weighted by Gasteiger charge is -2.28. The molecule has 0 heterocycles. The number of likely N-dealkylation sites (N-methyl/N-ethyl adjacent to an activating group) is 2. The van der Waals surface area contributed by atoms with E-state index in [1.165, 1.54) is 0 Å². The Labute approximate surface area is 151 Å². The Bertz CT molecular complexity index is 783. The standard InChI is InChI=1S/C22H28N2O/c1-6-17(16-24(7-2)8-3)21(23(4)5)22(25)20-14-13-18-11-9-10-12-19(18)15-20/h9-15,21H,1,7-8,16H2,2-5H3. The summed E-state index contributed by atoms with van der Waals surface area (Å²) in [6, 6.07) is 13.7. The van der Waals surface area contributed by atoms with E-state index < -0.39 is 0 Å². The average molecular weight is 336 g/mol. The molecule has 0 aliphatic carbocycles. The molecule has 0 aliphatic heterocycles. The quantitative estimate of drug-likeness (QED) is 0.538. The van der Waals surface area contributed by atoms with Gasteiger partial charge in [-0.2, -0.15) is 0 Å². The molecule has 1 unspecified atom stereocenters. The van der Waals surface area contributed by atoms with Gasteiger partial charge in [-0.05, 0) is 44.0 Å². The van der Waals surface area contributed by atoms with Gasteiger partial charge in [0.25, 0.3) is 0 Å². The third-order valence-electron chi connectivity index (χ3n) is 4.64. The van der Waals surface area contributed by atoms with Crippen LogP contribution >= 0.6 is 0 Å². The zero-order valence-corrected chi connectivity index (χ0v) is 15.7. The van der Waals surface area contributed by atoms with Crippen molar-refractivity contribution in [3.8, 4) is 0 Å². The Morgan fingerprint density at radius 2 is 1.72 bits per heavy atom. The number of ketones is 1. The molecule has 0 N–H and O–H groups in total. The second kappa shape index (κ2) is 8.77. The fourth-order valence-electron chi connectivity index (χ4n) is 3.13. The number of Topliss-reactive ketones (excluding diaryl/α,β-unsaturated/α-hetero) is 1. The molecule has 0 saturated carbocycles. The van der Waals surface area contributed by atoms with E-state index in [9.17, 15) is 4.79 Å². The van der Waals surface area contributed by atoms with Crippen LogP contribution < -0.4 is 0 Å². The van der Waals surface area contributed by atoms with Crippen LogP contribution in [0, 0.1) is 0 Å². The molecule has 2 aromatic rings. The van der Waals surface area contributed by atoms with Gasteiger partial charge in [-0.25, -0.2) is 0 Å². The van der Waals surface area contributed by atoms with E-state index in [4.69, 9.17) is 0 Å². The number of carbonyl (C=O) groups excluding carboxylic acids is 1. The lowest BCUT2D eigenvalue weighted by molar-refractivity contribution is 0.0897. The number of nitrogens with zero attached hydrogens (tertiary/aromatic N) is 2. The van der Waals surface area contributed by atoms with E-state index in [1.54, 1.807) is 0 Å². The van der Waals surface area contributed by atoms with Crippen molar-refractivity contribution in [1.82, 2.24) is 9.80 Å². The van der Waals surface area contributed by atoms with Crippen molar-refractivity contribution in [2.45, 2.75) is 19.9 Å². The molecule has 3 heteroatoms. The third-order valence-corrected chi connectivity index (χ3v) is 4.64. The van der Waals surface area contributed by atoms with Gasteiger partial charge in [0, 0.05) is 17.7 Å². The summed E-state index contributed by atoms with van der Waals surface area (Å²) in [4.78, 5) is 17.5. The van der Waals surface area contributed by atoms with Crippen LogP contribution in [0.1, 0.15) is 24.2 Å². The zero-order valence-electron chi connectivity index (χ0n) is 15.7. The largest absolute Gasteiger partial charge is 0.299 e. The second-order valence-electron chi connectivity index (χ2n) is 6.46. The summed E-state index contributed by atoms with van der Waals surface area (Å²) < 4.78 is 0. The molecule has 0 bridgehead atoms. The summed E-state index contributed by atoms with van der Waals surface area (Å²) in [5, 5.41) is 2.22. The minimum atomic E-state index is -0.348. The first kappa shape index (κ1) is 19.1. The number of hydrogen-bond acceptors (Lipinski definition) is 3. The number of carbonyl (C=O) groups is 1. The predicted octanol–water partition coefficient (Wildman–Crippen LogP) is 4.01. The van der Waals surface area contributed by atoms with E-state index >= 15 is 0 Å². The molecule has 1 atom stereocenters. The van der Waals surface area contributed by atoms with Crippen LogP contribution in [0.3, 0.4) is 0 Å². The molecule has 0 saturated heterocycles. The number of fused-ring (bicyclic) bond motifs is 1. The third kappa shape index (κ3) is 4.46. The van der Waals surface area contributed by atoms with E-state index in [-0.39, 0.29) is 11.8 Å². The molecule has 0 radical (unpaired) electrons. The molecule has 0 amide bonds. The Hall–Kier alpha value is -2.19. The Kier molecular flexibility index (Phi) is 6.72. The maximum atomic E-state index is 13.2. The summed E-state index contributed by atoms with van der Waals surface area (Å²) in [6.07, 6.45) is 0. The SMILES string of the molecule is C=C=C(CN(CC)CC)C(C(=O)c1ccc2ccccc2c1)N(C)C. The molecule has 25 heavy (non-hydrogen) atoms. The second-order valence-corrected chi connectivity index (χ2v) is 6.46. The van der Waals surface area contributed by atoms with Crippen LogP contribution in [-0.2, 0) is 0 Å². The number of benzene rings is 2. The number of hydrogen-bond donors (Lipinski definition) is 0. The highest BCUT2D eigenvalue weighted by Crippen LogP contribution is 2.20. The van der Waals surface area contributed by atoms with Gasteiger partial charge >= 0.3 is 0 Å². The van der Waals surface area contributed by atoms with Crippen molar-refractivity contribution in [2.24, 2.45) is 0 Å². The fourth-order valence-corrected chi connectivity index (χ4v) is 3.13. The van der Waals surface area contributed by atoms with Crippen molar-refractivity contribution >= 4 is 16.6 Å². The minimum absolute atomic E-state index is 0.0917. The van der Waals surface area contributed by atoms with Crippen molar-refractivity contribution < 1.29 is 4.79 Å². The molecule has 0 aliphatic rings. The number of rotatable bonds is 8. The summed E-state index contributed by atoms with van der Waals surface area (Å²) >= 11 is 0. The minimum Gasteiger partial charge on any atom is -0.299 e. The van der Waals surface area contributed by atoms with Crippen molar-refractivity contribution in [3.63, 3.8) is 0 Å². The van der Waals surface area contributed by atoms with Gasteiger partial charge in [-0.1, -0.05) is 56.8 Å². The van der Waals surface area contributed by atoms with E-state index in [0.29, 0.717) is 6.54 Å². The molecule has 3 nitrogen and oxygen atoms in total. The van der Waals surface area contributed by atoms with Crippen LogP contribution in [-0.4, -0.2) is 55.4 Å². The molecular formula is C22H28N2O. The first-order valence-corrected chi connectivity index (χ1v) is 8.82. The van der Waals surface area contributed by atoms with Crippen LogP contribution in [0.2, 0.25) is 0 Å². The van der Waals surface area contributed by atoms with Gasteiger partial charge < -0.3 is 0 Å². The van der Waals surface area contributed by atoms with E-state index in [1.807, 2.05) is 55.4 Å². The topological polar surface area (TPSA) is 23.6 Å². The van der Waals surface area contributed by atoms with Gasteiger partial charge in [-0.3, -0.25) is 14.6 Å². The van der Waals surface area contributed by atoms with Gasteiger partial charge in [-0.15, -0.1) is 5.73 Å². The molecule has 2 aromatic carbocycles. The monoisotopic (exact) mass is 336 g/mol. The molecule has 132 valence electrons. The Balaban J connectivity index is 2.37. The van der Waals surface area contributed by atoms with Crippen LogP contribution in [0.15, 0.2) is 60.3 Å². The molecule has 0 aromatic heterocycles. The molecule has 0 spiro atoms. The summed E-state index contributed by atoms with van der Waals surface area (Å²) in [6.45, 7) is 10.7. The Morgan fingerprint density at radius 3 is 2.28 bits per heavy atom. The first-order valence-electron chi connectivity index (χ1n) is 8.82. The predicted molar refractivity (Wildman–Crippen MR) is 106 cm³/mol. The highest BCUT2D eigenvalue weighted by molar-refractivity contribution is 6.04. The highest BCUT2D eigenvalue weighted by atomic mass is 16.1.